The van der Waals surface area contributed by atoms with E-state index in [1.807, 2.05) is 12.1 Å². The lowest BCUT2D eigenvalue weighted by molar-refractivity contribution is -0.143. The maximum Gasteiger partial charge on any atom is 0.306 e. The third kappa shape index (κ3) is 1.83. The first-order valence-electron chi connectivity index (χ1n) is 6.65. The number of benzene rings is 1. The number of aliphatic hydroxyl groups is 1. The normalized spacial score (nSPS) is 22.4. The van der Waals surface area contributed by atoms with Gasteiger partial charge in [-0.1, -0.05) is 25.1 Å². The standard InChI is InChI=1S/C15H17NO3/c1-2-8-4-3-5-10-13-11(16-14(8)10)6-9(15(18)19)7-12(13)17/h3-5,9,12,16-17H,2,6-7H2,1H3,(H,18,19). The molecule has 100 valence electrons. The van der Waals surface area contributed by atoms with E-state index in [1.165, 1.54) is 5.56 Å². The summed E-state index contributed by atoms with van der Waals surface area (Å²) in [4.78, 5) is 14.5. The summed E-state index contributed by atoms with van der Waals surface area (Å²) in [5.41, 5.74) is 4.01. The van der Waals surface area contributed by atoms with Gasteiger partial charge in [-0.05, 0) is 18.4 Å². The van der Waals surface area contributed by atoms with Crippen molar-refractivity contribution in [2.24, 2.45) is 5.92 Å². The van der Waals surface area contributed by atoms with Crippen LogP contribution < -0.4 is 0 Å². The maximum absolute atomic E-state index is 11.1. The number of hydrogen-bond acceptors (Lipinski definition) is 2. The Morgan fingerprint density at radius 1 is 1.47 bits per heavy atom. The second-order valence-corrected chi connectivity index (χ2v) is 5.20. The minimum Gasteiger partial charge on any atom is -0.481 e. The molecule has 19 heavy (non-hydrogen) atoms. The molecule has 0 aliphatic heterocycles. The van der Waals surface area contributed by atoms with Crippen molar-refractivity contribution in [3.05, 3.63) is 35.0 Å². The number of aliphatic carboxylic acids is 1. The number of carbonyl (C=O) groups is 1. The summed E-state index contributed by atoms with van der Waals surface area (Å²) in [5.74, 6) is -1.33. The molecule has 0 saturated carbocycles. The van der Waals surface area contributed by atoms with Crippen LogP contribution in [0.1, 0.15) is 36.3 Å². The number of carboxylic acids is 1. The summed E-state index contributed by atoms with van der Waals surface area (Å²) in [6.07, 6.45) is 0.992. The van der Waals surface area contributed by atoms with E-state index in [4.69, 9.17) is 5.11 Å². The van der Waals surface area contributed by atoms with E-state index in [-0.39, 0.29) is 0 Å². The van der Waals surface area contributed by atoms with Crippen molar-refractivity contribution in [1.29, 1.82) is 0 Å². The quantitative estimate of drug-likeness (QED) is 0.775. The molecule has 0 saturated heterocycles. The van der Waals surface area contributed by atoms with Crippen molar-refractivity contribution in [2.45, 2.75) is 32.3 Å². The first-order chi connectivity index (χ1) is 9.11. The van der Waals surface area contributed by atoms with Gasteiger partial charge in [0.1, 0.15) is 0 Å². The van der Waals surface area contributed by atoms with Crippen LogP contribution >= 0.6 is 0 Å². The third-order valence-electron chi connectivity index (χ3n) is 4.06. The van der Waals surface area contributed by atoms with E-state index in [2.05, 4.69) is 18.0 Å². The van der Waals surface area contributed by atoms with E-state index >= 15 is 0 Å². The average Bonchev–Trinajstić information content (AvgIpc) is 2.77. The van der Waals surface area contributed by atoms with Crippen LogP contribution in [0.3, 0.4) is 0 Å². The fourth-order valence-corrected chi connectivity index (χ4v) is 3.09. The minimum atomic E-state index is -0.834. The Kier molecular flexibility index (Phi) is 2.82. The van der Waals surface area contributed by atoms with E-state index in [1.54, 1.807) is 0 Å². The zero-order valence-electron chi connectivity index (χ0n) is 10.8. The molecular weight excluding hydrogens is 242 g/mol. The fourth-order valence-electron chi connectivity index (χ4n) is 3.09. The average molecular weight is 259 g/mol. The molecule has 4 nitrogen and oxygen atoms in total. The van der Waals surface area contributed by atoms with Gasteiger partial charge in [-0.2, -0.15) is 0 Å². The van der Waals surface area contributed by atoms with Gasteiger partial charge in [0, 0.05) is 28.6 Å². The van der Waals surface area contributed by atoms with Crippen molar-refractivity contribution in [2.75, 3.05) is 0 Å². The van der Waals surface area contributed by atoms with Gasteiger partial charge in [-0.25, -0.2) is 0 Å². The summed E-state index contributed by atoms with van der Waals surface area (Å²) in [6, 6.07) is 6.05. The Morgan fingerprint density at radius 2 is 2.26 bits per heavy atom. The number of nitrogens with one attached hydrogen (secondary N) is 1. The third-order valence-corrected chi connectivity index (χ3v) is 4.06. The molecular formula is C15H17NO3. The van der Waals surface area contributed by atoms with Crippen molar-refractivity contribution in [1.82, 2.24) is 4.98 Å². The first kappa shape index (κ1) is 12.2. The van der Waals surface area contributed by atoms with Crippen molar-refractivity contribution in [3.63, 3.8) is 0 Å². The number of aliphatic hydroxyl groups excluding tert-OH is 1. The highest BCUT2D eigenvalue weighted by molar-refractivity contribution is 5.88. The number of H-pyrrole nitrogens is 1. The molecule has 1 heterocycles. The zero-order valence-corrected chi connectivity index (χ0v) is 10.8. The second-order valence-electron chi connectivity index (χ2n) is 5.20. The Hall–Kier alpha value is -1.81. The lowest BCUT2D eigenvalue weighted by Gasteiger charge is -2.23. The van der Waals surface area contributed by atoms with Crippen LogP contribution in [-0.2, 0) is 17.6 Å². The predicted octanol–water partition coefficient (Wildman–Crippen LogP) is 2.41. The molecule has 3 N–H and O–H groups in total. The number of para-hydroxylation sites is 1. The monoisotopic (exact) mass is 259 g/mol. The van der Waals surface area contributed by atoms with Gasteiger partial charge in [-0.3, -0.25) is 4.79 Å². The molecule has 1 aromatic heterocycles. The molecule has 1 aromatic carbocycles. The Bertz CT molecular complexity index is 644. The molecule has 0 radical (unpaired) electrons. The van der Waals surface area contributed by atoms with Crippen molar-refractivity contribution < 1.29 is 15.0 Å². The molecule has 0 fully saturated rings. The van der Waals surface area contributed by atoms with Crippen LogP contribution in [0.25, 0.3) is 10.9 Å². The molecule has 1 aliphatic rings. The number of carboxylic acid groups (broad SMARTS) is 1. The second kappa shape index (κ2) is 4.38. The van der Waals surface area contributed by atoms with Crippen LogP contribution in [0, 0.1) is 5.92 Å². The number of aromatic amines is 1. The number of hydrogen-bond donors (Lipinski definition) is 3. The molecule has 1 aliphatic carbocycles. The van der Waals surface area contributed by atoms with Crippen LogP contribution in [0.2, 0.25) is 0 Å². The molecule has 3 rings (SSSR count). The lowest BCUT2D eigenvalue weighted by Crippen LogP contribution is -2.24. The van der Waals surface area contributed by atoms with Crippen molar-refractivity contribution in [3.8, 4) is 0 Å². The summed E-state index contributed by atoms with van der Waals surface area (Å²) >= 11 is 0. The Labute approximate surface area is 111 Å². The van der Waals surface area contributed by atoms with Gasteiger partial charge in [0.15, 0.2) is 0 Å². The number of fused-ring (bicyclic) bond motifs is 3. The molecule has 2 atom stereocenters. The topological polar surface area (TPSA) is 73.3 Å². The van der Waals surface area contributed by atoms with Crippen LogP contribution in [0.4, 0.5) is 0 Å². The van der Waals surface area contributed by atoms with E-state index in [0.717, 1.165) is 28.6 Å². The molecule has 4 heteroatoms. The number of rotatable bonds is 2. The van der Waals surface area contributed by atoms with E-state index < -0.39 is 18.0 Å². The van der Waals surface area contributed by atoms with Gasteiger partial charge in [0.25, 0.3) is 0 Å². The van der Waals surface area contributed by atoms with Gasteiger partial charge in [0.2, 0.25) is 0 Å². The molecule has 0 spiro atoms. The molecule has 0 bridgehead atoms. The molecule has 2 aromatic rings. The molecule has 0 amide bonds. The van der Waals surface area contributed by atoms with E-state index in [9.17, 15) is 9.90 Å². The van der Waals surface area contributed by atoms with Gasteiger partial charge >= 0.3 is 5.97 Å². The summed E-state index contributed by atoms with van der Waals surface area (Å²) in [6.45, 7) is 2.09. The maximum atomic E-state index is 11.1. The highest BCUT2D eigenvalue weighted by atomic mass is 16.4. The van der Waals surface area contributed by atoms with Gasteiger partial charge in [0.05, 0.1) is 12.0 Å². The Balaban J connectivity index is 2.18. The SMILES string of the molecule is CCc1cccc2c3c([nH]c12)CC(C(=O)O)CC3O. The fraction of sp³-hybridized carbons (Fsp3) is 0.400. The zero-order chi connectivity index (χ0) is 13.6. The van der Waals surface area contributed by atoms with Gasteiger partial charge in [-0.15, -0.1) is 0 Å². The van der Waals surface area contributed by atoms with Crippen LogP contribution in [-0.4, -0.2) is 21.2 Å². The van der Waals surface area contributed by atoms with Gasteiger partial charge < -0.3 is 15.2 Å². The summed E-state index contributed by atoms with van der Waals surface area (Å²) in [5, 5.41) is 20.4. The first-order valence-corrected chi connectivity index (χ1v) is 6.65. The van der Waals surface area contributed by atoms with E-state index in [0.29, 0.717) is 12.8 Å². The largest absolute Gasteiger partial charge is 0.481 e. The number of aryl methyl sites for hydroxylation is 1. The highest BCUT2D eigenvalue weighted by Gasteiger charge is 2.32. The summed E-state index contributed by atoms with van der Waals surface area (Å²) < 4.78 is 0. The van der Waals surface area contributed by atoms with Crippen molar-refractivity contribution >= 4 is 16.9 Å². The number of aromatic nitrogens is 1. The van der Waals surface area contributed by atoms with Crippen LogP contribution in [0.15, 0.2) is 18.2 Å². The predicted molar refractivity (Wildman–Crippen MR) is 72.1 cm³/mol. The highest BCUT2D eigenvalue weighted by Crippen LogP contribution is 2.38. The summed E-state index contributed by atoms with van der Waals surface area (Å²) in [7, 11) is 0. The van der Waals surface area contributed by atoms with Crippen LogP contribution in [0.5, 0.6) is 0 Å². The smallest absolute Gasteiger partial charge is 0.306 e. The Morgan fingerprint density at radius 3 is 2.95 bits per heavy atom. The molecule has 2 unspecified atom stereocenters. The minimum absolute atomic E-state index is 0.297. The lowest BCUT2D eigenvalue weighted by atomic mass is 9.85.